The number of hydrogen-bond acceptors (Lipinski definition) is 4. The van der Waals surface area contributed by atoms with Crippen LogP contribution in [-0.2, 0) is 6.42 Å². The first kappa shape index (κ1) is 15.1. The lowest BCUT2D eigenvalue weighted by molar-refractivity contribution is 0.496. The van der Waals surface area contributed by atoms with Gasteiger partial charge in [0.15, 0.2) is 0 Å². The van der Waals surface area contributed by atoms with Crippen molar-refractivity contribution in [1.29, 1.82) is 0 Å². The minimum atomic E-state index is 0.0845. The highest BCUT2D eigenvalue weighted by molar-refractivity contribution is 7.99. The van der Waals surface area contributed by atoms with Crippen molar-refractivity contribution < 1.29 is 0 Å². The zero-order chi connectivity index (χ0) is 14.5. The summed E-state index contributed by atoms with van der Waals surface area (Å²) >= 11 is 1.81. The Morgan fingerprint density at radius 3 is 2.75 bits per heavy atom. The second-order valence-electron chi connectivity index (χ2n) is 5.26. The van der Waals surface area contributed by atoms with Crippen LogP contribution in [0, 0.1) is 6.92 Å². The number of rotatable bonds is 6. The first-order chi connectivity index (χ1) is 9.58. The topological polar surface area (TPSA) is 56.7 Å². The van der Waals surface area contributed by atoms with Crippen LogP contribution in [0.15, 0.2) is 35.5 Å². The molecule has 2 aromatic rings. The Morgan fingerprint density at radius 1 is 1.30 bits per heavy atom. The van der Waals surface area contributed by atoms with Gasteiger partial charge in [-0.05, 0) is 32.4 Å². The quantitative estimate of drug-likeness (QED) is 0.831. The van der Waals surface area contributed by atoms with Gasteiger partial charge in [0.05, 0.1) is 0 Å². The van der Waals surface area contributed by atoms with Crippen LogP contribution in [0.2, 0.25) is 0 Å². The minimum absolute atomic E-state index is 0.0845. The van der Waals surface area contributed by atoms with Crippen molar-refractivity contribution >= 4 is 11.8 Å². The number of aryl methyl sites for hydroxylation is 1. The molecular formula is C15H22N4S. The highest BCUT2D eigenvalue weighted by atomic mass is 32.2. The Bertz CT molecular complexity index is 550. The van der Waals surface area contributed by atoms with Crippen LogP contribution in [-0.4, -0.2) is 26.6 Å². The highest BCUT2D eigenvalue weighted by Crippen LogP contribution is 2.22. The SMILES string of the molecule is Cc1ccccc1SCC(N)Cc1ncnn1C(C)C. The molecule has 2 N–H and O–H groups in total. The molecule has 1 atom stereocenters. The molecule has 0 saturated heterocycles. The van der Waals surface area contributed by atoms with Crippen LogP contribution in [0.4, 0.5) is 0 Å². The fraction of sp³-hybridized carbons (Fsp3) is 0.467. The summed E-state index contributed by atoms with van der Waals surface area (Å²) in [6.45, 7) is 6.33. The summed E-state index contributed by atoms with van der Waals surface area (Å²) in [6.07, 6.45) is 2.37. The van der Waals surface area contributed by atoms with Gasteiger partial charge in [0.1, 0.15) is 12.2 Å². The van der Waals surface area contributed by atoms with Crippen molar-refractivity contribution in [2.45, 2.75) is 44.2 Å². The van der Waals surface area contributed by atoms with Crippen LogP contribution in [0.25, 0.3) is 0 Å². The molecule has 108 valence electrons. The molecule has 0 spiro atoms. The van der Waals surface area contributed by atoms with E-state index in [0.717, 1.165) is 18.0 Å². The predicted octanol–water partition coefficient (Wildman–Crippen LogP) is 2.83. The summed E-state index contributed by atoms with van der Waals surface area (Å²) < 4.78 is 1.94. The molecule has 2 rings (SSSR count). The fourth-order valence-electron chi connectivity index (χ4n) is 2.06. The van der Waals surface area contributed by atoms with Gasteiger partial charge in [-0.3, -0.25) is 0 Å². The maximum Gasteiger partial charge on any atom is 0.138 e. The Kier molecular flexibility index (Phi) is 5.20. The van der Waals surface area contributed by atoms with Crippen molar-refractivity contribution in [3.8, 4) is 0 Å². The van der Waals surface area contributed by atoms with Gasteiger partial charge >= 0.3 is 0 Å². The molecule has 1 aromatic heterocycles. The molecule has 1 aromatic carbocycles. The third kappa shape index (κ3) is 3.84. The second kappa shape index (κ2) is 6.90. The van der Waals surface area contributed by atoms with Crippen molar-refractivity contribution in [2.24, 2.45) is 5.73 Å². The molecule has 0 radical (unpaired) electrons. The number of nitrogens with two attached hydrogens (primary N) is 1. The van der Waals surface area contributed by atoms with Gasteiger partial charge in [0.25, 0.3) is 0 Å². The van der Waals surface area contributed by atoms with E-state index in [1.54, 1.807) is 6.33 Å². The van der Waals surface area contributed by atoms with Crippen LogP contribution in [0.1, 0.15) is 31.3 Å². The lowest BCUT2D eigenvalue weighted by atomic mass is 10.2. The van der Waals surface area contributed by atoms with Crippen LogP contribution >= 0.6 is 11.8 Å². The molecule has 0 amide bonds. The van der Waals surface area contributed by atoms with E-state index in [-0.39, 0.29) is 6.04 Å². The number of nitrogens with zero attached hydrogens (tertiary/aromatic N) is 3. The Morgan fingerprint density at radius 2 is 2.05 bits per heavy atom. The summed E-state index contributed by atoms with van der Waals surface area (Å²) in [4.78, 5) is 5.61. The van der Waals surface area contributed by atoms with E-state index in [2.05, 4.69) is 55.1 Å². The standard InChI is InChI=1S/C15H22N4S/c1-11(2)19-15(17-10-18-19)8-13(16)9-20-14-7-5-4-6-12(14)3/h4-7,10-11,13H,8-9,16H2,1-3H3. The molecule has 0 aliphatic heterocycles. The number of aromatic nitrogens is 3. The van der Waals surface area contributed by atoms with Crippen LogP contribution in [0.5, 0.6) is 0 Å². The van der Waals surface area contributed by atoms with Crippen LogP contribution in [0.3, 0.4) is 0 Å². The second-order valence-corrected chi connectivity index (χ2v) is 6.32. The molecule has 5 heteroatoms. The van der Waals surface area contributed by atoms with Gasteiger partial charge in [0.2, 0.25) is 0 Å². The average Bonchev–Trinajstić information content (AvgIpc) is 2.86. The monoisotopic (exact) mass is 290 g/mol. The molecule has 0 bridgehead atoms. The molecule has 0 fully saturated rings. The lowest BCUT2D eigenvalue weighted by Crippen LogP contribution is -2.27. The predicted molar refractivity (Wildman–Crippen MR) is 84.0 cm³/mol. The zero-order valence-electron chi connectivity index (χ0n) is 12.3. The summed E-state index contributed by atoms with van der Waals surface area (Å²) in [6, 6.07) is 8.80. The molecule has 0 aliphatic carbocycles. The minimum Gasteiger partial charge on any atom is -0.327 e. The van der Waals surface area contributed by atoms with Gasteiger partial charge in [-0.25, -0.2) is 9.67 Å². The average molecular weight is 290 g/mol. The smallest absolute Gasteiger partial charge is 0.138 e. The molecule has 0 saturated carbocycles. The number of benzene rings is 1. The number of thioether (sulfide) groups is 1. The summed E-state index contributed by atoms with van der Waals surface area (Å²) in [5.41, 5.74) is 7.53. The maximum atomic E-state index is 6.23. The Labute approximate surface area is 124 Å². The molecule has 0 aliphatic rings. The van der Waals surface area contributed by atoms with Crippen molar-refractivity contribution in [1.82, 2.24) is 14.8 Å². The highest BCUT2D eigenvalue weighted by Gasteiger charge is 2.12. The summed E-state index contributed by atoms with van der Waals surface area (Å²) in [5, 5.41) is 4.24. The first-order valence-corrected chi connectivity index (χ1v) is 7.89. The van der Waals surface area contributed by atoms with Gasteiger partial charge in [-0.1, -0.05) is 18.2 Å². The molecule has 20 heavy (non-hydrogen) atoms. The third-order valence-electron chi connectivity index (χ3n) is 3.13. The van der Waals surface area contributed by atoms with E-state index in [4.69, 9.17) is 5.73 Å². The van der Waals surface area contributed by atoms with Gasteiger partial charge in [-0.2, -0.15) is 5.10 Å². The van der Waals surface area contributed by atoms with Crippen molar-refractivity contribution in [3.05, 3.63) is 42.0 Å². The zero-order valence-corrected chi connectivity index (χ0v) is 13.1. The molecular weight excluding hydrogens is 268 g/mol. The molecule has 1 heterocycles. The van der Waals surface area contributed by atoms with E-state index < -0.39 is 0 Å². The van der Waals surface area contributed by atoms with E-state index >= 15 is 0 Å². The Balaban J connectivity index is 1.91. The summed E-state index contributed by atoms with van der Waals surface area (Å²) in [7, 11) is 0. The van der Waals surface area contributed by atoms with Crippen molar-refractivity contribution in [3.63, 3.8) is 0 Å². The fourth-order valence-corrected chi connectivity index (χ4v) is 3.04. The molecule has 4 nitrogen and oxygen atoms in total. The van der Waals surface area contributed by atoms with E-state index in [0.29, 0.717) is 6.04 Å². The Hall–Kier alpha value is -1.33. The normalized spacial score (nSPS) is 12.8. The number of hydrogen-bond donors (Lipinski definition) is 1. The van der Waals surface area contributed by atoms with Gasteiger partial charge in [-0.15, -0.1) is 11.8 Å². The maximum absolute atomic E-state index is 6.23. The lowest BCUT2D eigenvalue weighted by Gasteiger charge is -2.14. The van der Waals surface area contributed by atoms with Gasteiger partial charge < -0.3 is 5.73 Å². The van der Waals surface area contributed by atoms with E-state index in [1.807, 2.05) is 16.4 Å². The van der Waals surface area contributed by atoms with Crippen molar-refractivity contribution in [2.75, 3.05) is 5.75 Å². The largest absolute Gasteiger partial charge is 0.327 e. The first-order valence-electron chi connectivity index (χ1n) is 6.90. The third-order valence-corrected chi connectivity index (χ3v) is 4.49. The van der Waals surface area contributed by atoms with Gasteiger partial charge in [0, 0.05) is 29.2 Å². The summed E-state index contributed by atoms with van der Waals surface area (Å²) in [5.74, 6) is 1.85. The van der Waals surface area contributed by atoms with E-state index in [1.165, 1.54) is 10.5 Å². The molecule has 1 unspecified atom stereocenters. The van der Waals surface area contributed by atoms with E-state index in [9.17, 15) is 0 Å². The van der Waals surface area contributed by atoms with Crippen LogP contribution < -0.4 is 5.73 Å².